The largest absolute Gasteiger partial charge is 0.768 e. The number of halogens is 3. The molecule has 0 radical (unpaired) electrons. The Labute approximate surface area is 151 Å². The monoisotopic (exact) mass is 399 g/mol. The van der Waals surface area contributed by atoms with Crippen molar-refractivity contribution in [2.75, 3.05) is 5.73 Å². The molecule has 2 heterocycles. The fourth-order valence-electron chi connectivity index (χ4n) is 2.21. The van der Waals surface area contributed by atoms with E-state index in [0.29, 0.717) is 0 Å². The highest BCUT2D eigenvalue weighted by Gasteiger charge is 2.30. The Hall–Kier alpha value is -2.50. The van der Waals surface area contributed by atoms with Crippen molar-refractivity contribution in [3.8, 4) is 0 Å². The number of hydrogen-bond donors (Lipinski definition) is 2. The molecule has 0 fully saturated rings. The molecule has 11 heteroatoms. The van der Waals surface area contributed by atoms with Crippen molar-refractivity contribution in [1.82, 2.24) is 13.7 Å². The number of H-pyrrole nitrogens is 1. The van der Waals surface area contributed by atoms with Gasteiger partial charge in [0.1, 0.15) is 11.0 Å². The van der Waals surface area contributed by atoms with E-state index in [-0.39, 0.29) is 15.8 Å². The van der Waals surface area contributed by atoms with E-state index >= 15 is 0 Å². The highest BCUT2D eigenvalue weighted by atomic mass is 32.2. The molecule has 0 saturated heterocycles. The number of nitrogens with zero attached hydrogens (tertiary/aromatic N) is 2. The van der Waals surface area contributed by atoms with Gasteiger partial charge in [-0.3, -0.25) is 4.21 Å². The number of aromatic nitrogens is 3. The first-order valence-corrected chi connectivity index (χ1v) is 8.81. The van der Waals surface area contributed by atoms with Gasteiger partial charge in [-0.25, -0.2) is 0 Å². The van der Waals surface area contributed by atoms with Crippen LogP contribution in [0, 0.1) is 0 Å². The topological polar surface area (TPSA) is 108 Å². The van der Waals surface area contributed by atoms with Crippen molar-refractivity contribution in [2.24, 2.45) is 0 Å². The number of benzene rings is 2. The molecule has 6 nitrogen and oxygen atoms in total. The van der Waals surface area contributed by atoms with Crippen molar-refractivity contribution >= 4 is 50.4 Å². The lowest BCUT2D eigenvalue weighted by molar-refractivity contribution is -0.137. The third-order valence-corrected chi connectivity index (χ3v) is 4.68. The Morgan fingerprint density at radius 1 is 1.12 bits per heavy atom. The van der Waals surface area contributed by atoms with E-state index in [2.05, 4.69) is 13.7 Å². The third-order valence-electron chi connectivity index (χ3n) is 3.43. The number of rotatable bonds is 1. The van der Waals surface area contributed by atoms with E-state index in [4.69, 9.17) is 5.73 Å². The fraction of sp³-hybridized carbons (Fsp3) is 0.0667. The zero-order valence-corrected chi connectivity index (χ0v) is 14.4. The zero-order chi connectivity index (χ0) is 18.9. The molecule has 4 aromatic rings. The minimum atomic E-state index is -4.43. The second-order valence-electron chi connectivity index (χ2n) is 5.16. The summed E-state index contributed by atoms with van der Waals surface area (Å²) in [6.45, 7) is 0. The van der Waals surface area contributed by atoms with Gasteiger partial charge in [0.2, 0.25) is 0 Å². The number of alkyl halides is 3. The number of nitrogens with one attached hydrogen (secondary N) is 1. The highest BCUT2D eigenvalue weighted by Crippen LogP contribution is 2.32. The van der Waals surface area contributed by atoms with E-state index in [1.807, 2.05) is 18.2 Å². The molecule has 2 aromatic heterocycles. The normalized spacial score (nSPS) is 12.8. The van der Waals surface area contributed by atoms with Gasteiger partial charge in [-0.1, -0.05) is 6.07 Å². The number of hydrogen-bond acceptors (Lipinski definition) is 6. The number of fused-ring (bicyclic) bond motifs is 2. The summed E-state index contributed by atoms with van der Waals surface area (Å²) in [6, 6.07) is 8.38. The van der Waals surface area contributed by atoms with Crippen LogP contribution in [0.2, 0.25) is 0 Å². The SMILES string of the molecule is Nc1ccc2nsnc2c1.O=S([O-])c1c[nH]c2cc(C(F)(F)F)ccc12. The van der Waals surface area contributed by atoms with Crippen LogP contribution in [-0.4, -0.2) is 22.5 Å². The highest BCUT2D eigenvalue weighted by molar-refractivity contribution is 7.79. The van der Waals surface area contributed by atoms with Crippen LogP contribution in [-0.2, 0) is 17.3 Å². The molecule has 2 aromatic carbocycles. The van der Waals surface area contributed by atoms with E-state index in [1.165, 1.54) is 11.7 Å². The predicted octanol–water partition coefficient (Wildman–Crippen LogP) is 3.70. The van der Waals surface area contributed by atoms with Crippen molar-refractivity contribution in [3.63, 3.8) is 0 Å². The Balaban J connectivity index is 0.000000167. The molecule has 136 valence electrons. The zero-order valence-electron chi connectivity index (χ0n) is 12.8. The second kappa shape index (κ2) is 7.02. The summed E-state index contributed by atoms with van der Waals surface area (Å²) in [5.74, 6) is 0. The number of nitrogen functional groups attached to an aromatic ring is 1. The lowest BCUT2D eigenvalue weighted by Crippen LogP contribution is -2.04. The molecular formula is C15H10F3N4O2S2-. The molecule has 0 amide bonds. The molecular weight excluding hydrogens is 389 g/mol. The van der Waals surface area contributed by atoms with E-state index < -0.39 is 22.8 Å². The van der Waals surface area contributed by atoms with Gasteiger partial charge in [-0.05, 0) is 41.4 Å². The molecule has 0 saturated carbocycles. The van der Waals surface area contributed by atoms with Gasteiger partial charge in [-0.2, -0.15) is 21.9 Å². The van der Waals surface area contributed by atoms with Gasteiger partial charge in [0, 0.05) is 22.8 Å². The average molecular weight is 399 g/mol. The molecule has 0 bridgehead atoms. The summed E-state index contributed by atoms with van der Waals surface area (Å²) in [6.07, 6.45) is -3.27. The average Bonchev–Trinajstić information content (AvgIpc) is 3.19. The molecule has 26 heavy (non-hydrogen) atoms. The van der Waals surface area contributed by atoms with Crippen molar-refractivity contribution < 1.29 is 21.9 Å². The van der Waals surface area contributed by atoms with Gasteiger partial charge >= 0.3 is 6.18 Å². The van der Waals surface area contributed by atoms with Crippen LogP contribution in [0.15, 0.2) is 47.5 Å². The molecule has 3 N–H and O–H groups in total. The molecule has 0 aliphatic heterocycles. The minimum Gasteiger partial charge on any atom is -0.768 e. The van der Waals surface area contributed by atoms with Gasteiger partial charge in [-0.15, -0.1) is 0 Å². The van der Waals surface area contributed by atoms with Gasteiger partial charge in [0.05, 0.1) is 22.2 Å². The Morgan fingerprint density at radius 2 is 1.85 bits per heavy atom. The summed E-state index contributed by atoms with van der Waals surface area (Å²) in [5, 5.41) is 0.251. The quantitative estimate of drug-likeness (QED) is 0.375. The lowest BCUT2D eigenvalue weighted by Gasteiger charge is -2.07. The Bertz CT molecular complexity index is 1090. The second-order valence-corrected chi connectivity index (χ2v) is 6.60. The smallest absolute Gasteiger partial charge is 0.416 e. The standard InChI is InChI=1S/C9H6F3NO2S.C6H5N3S/c10-9(11,12)5-1-2-6-7(3-5)13-4-8(6)16(14)15;7-4-1-2-5-6(3-4)9-10-8-5/h1-4,13H,(H,14,15);1-3H,7H2/p-1. The summed E-state index contributed by atoms with van der Waals surface area (Å²) < 4.78 is 66.5. The predicted molar refractivity (Wildman–Crippen MR) is 92.3 cm³/mol. The summed E-state index contributed by atoms with van der Waals surface area (Å²) >= 11 is -1.26. The van der Waals surface area contributed by atoms with Gasteiger partial charge in [0.25, 0.3) is 0 Å². The first-order chi connectivity index (χ1) is 12.3. The third kappa shape index (κ3) is 3.84. The molecule has 1 atom stereocenters. The fourth-order valence-corrected chi connectivity index (χ4v) is 3.24. The first-order valence-electron chi connectivity index (χ1n) is 7.01. The van der Waals surface area contributed by atoms with Crippen LogP contribution in [0.3, 0.4) is 0 Å². The van der Waals surface area contributed by atoms with Gasteiger partial charge < -0.3 is 15.3 Å². The maximum atomic E-state index is 12.3. The molecule has 0 spiro atoms. The lowest BCUT2D eigenvalue weighted by atomic mass is 10.1. The molecule has 0 aliphatic rings. The van der Waals surface area contributed by atoms with E-state index in [0.717, 1.165) is 41.1 Å². The van der Waals surface area contributed by atoms with Crippen molar-refractivity contribution in [1.29, 1.82) is 0 Å². The van der Waals surface area contributed by atoms with Crippen molar-refractivity contribution in [3.05, 3.63) is 48.2 Å². The Kier molecular flexibility index (Phi) is 4.94. The van der Waals surface area contributed by atoms with Gasteiger partial charge in [0.15, 0.2) is 0 Å². The van der Waals surface area contributed by atoms with E-state index in [9.17, 15) is 21.9 Å². The summed E-state index contributed by atoms with van der Waals surface area (Å²) in [5.41, 5.74) is 7.38. The van der Waals surface area contributed by atoms with Crippen LogP contribution < -0.4 is 5.73 Å². The van der Waals surface area contributed by atoms with Crippen LogP contribution in [0.5, 0.6) is 0 Å². The summed E-state index contributed by atoms with van der Waals surface area (Å²) in [4.78, 5) is 2.45. The van der Waals surface area contributed by atoms with Crippen LogP contribution in [0.25, 0.3) is 21.9 Å². The van der Waals surface area contributed by atoms with Crippen molar-refractivity contribution in [2.45, 2.75) is 11.1 Å². The number of aromatic amines is 1. The molecule has 4 rings (SSSR count). The minimum absolute atomic E-state index is 0.0382. The maximum absolute atomic E-state index is 12.3. The maximum Gasteiger partial charge on any atom is 0.416 e. The van der Waals surface area contributed by atoms with E-state index in [1.54, 1.807) is 0 Å². The van der Waals surface area contributed by atoms with Crippen LogP contribution in [0.1, 0.15) is 5.56 Å². The van der Waals surface area contributed by atoms with Crippen LogP contribution >= 0.6 is 11.7 Å². The number of anilines is 1. The Morgan fingerprint density at radius 3 is 2.54 bits per heavy atom. The summed E-state index contributed by atoms with van der Waals surface area (Å²) in [7, 11) is 0. The number of nitrogens with two attached hydrogens (primary N) is 1. The molecule has 0 aliphatic carbocycles. The molecule has 1 unspecified atom stereocenters. The van der Waals surface area contributed by atoms with Crippen LogP contribution in [0.4, 0.5) is 18.9 Å². The first kappa shape index (κ1) is 18.3.